The molecular formula is C22H27ClF3N3O2Si. The number of aromatic carboxylic acids is 1. The van der Waals surface area contributed by atoms with Crippen LogP contribution in [0, 0.1) is 0 Å². The average Bonchev–Trinajstić information content (AvgIpc) is 3.25. The summed E-state index contributed by atoms with van der Waals surface area (Å²) in [6.07, 6.45) is 0.555. The summed E-state index contributed by atoms with van der Waals surface area (Å²) in [5.74, 6) is -1.49. The van der Waals surface area contributed by atoms with Crippen LogP contribution in [0.5, 0.6) is 0 Å². The molecule has 3 heterocycles. The number of hydrogen-bond donors (Lipinski definition) is 1. The Kier molecular flexibility index (Phi) is 6.29. The van der Waals surface area contributed by atoms with Gasteiger partial charge >= 0.3 is 12.1 Å². The molecule has 3 rings (SSSR count). The first-order valence-corrected chi connectivity index (χ1v) is 13.0. The topological polar surface area (TPSA) is 59.5 Å². The van der Waals surface area contributed by atoms with Gasteiger partial charge < -0.3 is 9.34 Å². The smallest absolute Gasteiger partial charge is 0.420 e. The van der Waals surface area contributed by atoms with Gasteiger partial charge in [-0.25, -0.2) is 9.78 Å². The van der Waals surface area contributed by atoms with Crippen molar-refractivity contribution in [2.45, 2.75) is 64.3 Å². The monoisotopic (exact) mass is 485 g/mol. The summed E-state index contributed by atoms with van der Waals surface area (Å²) in [6, 6.07) is 2.81. The summed E-state index contributed by atoms with van der Waals surface area (Å²) < 4.78 is 44.7. The average molecular weight is 486 g/mol. The second-order valence-electron chi connectivity index (χ2n) is 9.05. The molecule has 0 aliphatic rings. The fourth-order valence-corrected chi connectivity index (χ4v) is 12.1. The molecule has 0 fully saturated rings. The van der Waals surface area contributed by atoms with E-state index < -0.39 is 37.3 Å². The standard InChI is InChI=1S/C22H27ClF3N3O2Si/c1-12(2)32(13(3)4,14(5)6)28-8-7-15(10-28)16-9-17(22(24,25)26)20-27-18(21(30)31)19(23)29(20)11-16/h7-14H,1-6H3,(H,30,31). The second-order valence-corrected chi connectivity index (χ2v) is 15.2. The van der Waals surface area contributed by atoms with Gasteiger partial charge in [0.25, 0.3) is 0 Å². The maximum Gasteiger partial charge on any atom is 0.420 e. The van der Waals surface area contributed by atoms with Gasteiger partial charge in [-0.05, 0) is 40.5 Å². The largest absolute Gasteiger partial charge is 0.476 e. The van der Waals surface area contributed by atoms with E-state index in [9.17, 15) is 23.1 Å². The van der Waals surface area contributed by atoms with Gasteiger partial charge in [-0.3, -0.25) is 4.40 Å². The van der Waals surface area contributed by atoms with Crippen molar-refractivity contribution in [3.63, 3.8) is 0 Å². The number of fused-ring (bicyclic) bond motifs is 1. The van der Waals surface area contributed by atoms with E-state index in [-0.39, 0.29) is 5.15 Å². The molecule has 0 atom stereocenters. The van der Waals surface area contributed by atoms with E-state index >= 15 is 0 Å². The molecule has 0 aromatic carbocycles. The Labute approximate surface area is 190 Å². The van der Waals surface area contributed by atoms with Gasteiger partial charge in [0.2, 0.25) is 0 Å². The number of alkyl halides is 3. The first-order chi connectivity index (χ1) is 14.7. The van der Waals surface area contributed by atoms with E-state index in [1.54, 1.807) is 6.07 Å². The normalized spacial score (nSPS) is 13.2. The number of carboxylic acids is 1. The van der Waals surface area contributed by atoms with Crippen molar-refractivity contribution in [3.05, 3.63) is 47.1 Å². The lowest BCUT2D eigenvalue weighted by Crippen LogP contribution is -2.51. The quantitative estimate of drug-likeness (QED) is 0.375. The van der Waals surface area contributed by atoms with Gasteiger partial charge in [0.15, 0.2) is 19.6 Å². The van der Waals surface area contributed by atoms with Crippen LogP contribution >= 0.6 is 11.6 Å². The third kappa shape index (κ3) is 3.75. The van der Waals surface area contributed by atoms with Crippen LogP contribution in [0.25, 0.3) is 16.8 Å². The molecule has 3 aromatic rings. The molecule has 174 valence electrons. The molecule has 1 N–H and O–H groups in total. The lowest BCUT2D eigenvalue weighted by Gasteiger charge is -2.44. The number of nitrogens with zero attached hydrogens (tertiary/aromatic N) is 3. The number of rotatable bonds is 6. The minimum Gasteiger partial charge on any atom is -0.476 e. The van der Waals surface area contributed by atoms with E-state index in [0.717, 1.165) is 10.5 Å². The van der Waals surface area contributed by atoms with Gasteiger partial charge in [-0.2, -0.15) is 13.2 Å². The summed E-state index contributed by atoms with van der Waals surface area (Å²) >= 11 is 6.09. The molecule has 0 bridgehead atoms. The van der Waals surface area contributed by atoms with Crippen LogP contribution in [0.4, 0.5) is 13.2 Å². The van der Waals surface area contributed by atoms with Crippen molar-refractivity contribution in [1.29, 1.82) is 0 Å². The maximum absolute atomic E-state index is 13.8. The van der Waals surface area contributed by atoms with Crippen molar-refractivity contribution in [3.8, 4) is 11.1 Å². The molecule has 0 aliphatic carbocycles. The van der Waals surface area contributed by atoms with Crippen molar-refractivity contribution in [1.82, 2.24) is 13.6 Å². The zero-order valence-corrected chi connectivity index (χ0v) is 20.6. The molecule has 5 nitrogen and oxygen atoms in total. The lowest BCUT2D eigenvalue weighted by atomic mass is 10.1. The molecule has 32 heavy (non-hydrogen) atoms. The minimum absolute atomic E-state index is 0.291. The molecule has 0 saturated carbocycles. The summed E-state index contributed by atoms with van der Waals surface area (Å²) in [5, 5.41) is 8.89. The molecular weight excluding hydrogens is 459 g/mol. The van der Waals surface area contributed by atoms with Gasteiger partial charge in [0.05, 0.1) is 5.56 Å². The Balaban J connectivity index is 2.27. The van der Waals surface area contributed by atoms with Crippen molar-refractivity contribution in [2.24, 2.45) is 0 Å². The number of pyridine rings is 1. The van der Waals surface area contributed by atoms with Crippen molar-refractivity contribution >= 4 is 31.5 Å². The Morgan fingerprint density at radius 2 is 1.62 bits per heavy atom. The summed E-state index contributed by atoms with van der Waals surface area (Å²) in [6.45, 7) is 13.2. The van der Waals surface area contributed by atoms with Crippen LogP contribution in [0.15, 0.2) is 30.7 Å². The molecule has 0 aliphatic heterocycles. The fraction of sp³-hybridized carbons (Fsp3) is 0.455. The Morgan fingerprint density at radius 3 is 2.09 bits per heavy atom. The van der Waals surface area contributed by atoms with E-state index in [4.69, 9.17) is 11.6 Å². The number of carboxylic acid groups (broad SMARTS) is 1. The highest BCUT2D eigenvalue weighted by atomic mass is 35.5. The SMILES string of the molecule is CC(C)[Si](C(C)C)(C(C)C)n1ccc(-c2cc(C(F)(F)F)c3nc(C(=O)O)c(Cl)n3c2)c1. The zero-order chi connectivity index (χ0) is 24.2. The molecule has 3 aromatic heterocycles. The summed E-state index contributed by atoms with van der Waals surface area (Å²) in [4.78, 5) is 15.0. The van der Waals surface area contributed by atoms with E-state index in [0.29, 0.717) is 27.8 Å². The third-order valence-corrected chi connectivity index (χ3v) is 13.5. The van der Waals surface area contributed by atoms with Gasteiger partial charge in [0.1, 0.15) is 5.15 Å². The van der Waals surface area contributed by atoms with Crippen molar-refractivity contribution in [2.75, 3.05) is 0 Å². The van der Waals surface area contributed by atoms with Crippen LogP contribution in [0.3, 0.4) is 0 Å². The van der Waals surface area contributed by atoms with Crippen LogP contribution in [0.2, 0.25) is 21.8 Å². The maximum atomic E-state index is 13.8. The highest BCUT2D eigenvalue weighted by Gasteiger charge is 2.45. The lowest BCUT2D eigenvalue weighted by molar-refractivity contribution is -0.136. The zero-order valence-electron chi connectivity index (χ0n) is 18.8. The van der Waals surface area contributed by atoms with Crippen LogP contribution in [-0.4, -0.2) is 32.9 Å². The van der Waals surface area contributed by atoms with E-state index in [1.165, 1.54) is 6.20 Å². The molecule has 0 unspecified atom stereocenters. The second kappa shape index (κ2) is 8.26. The third-order valence-electron chi connectivity index (χ3n) is 6.42. The van der Waals surface area contributed by atoms with E-state index in [1.807, 2.05) is 12.4 Å². The number of aromatic nitrogens is 3. The first-order valence-electron chi connectivity index (χ1n) is 10.4. The van der Waals surface area contributed by atoms with Gasteiger partial charge in [0, 0.05) is 18.0 Å². The summed E-state index contributed by atoms with van der Waals surface area (Å²) in [7, 11) is -2.07. The van der Waals surface area contributed by atoms with Crippen LogP contribution in [-0.2, 0) is 6.18 Å². The number of hydrogen-bond acceptors (Lipinski definition) is 2. The van der Waals surface area contributed by atoms with Crippen molar-refractivity contribution < 1.29 is 23.1 Å². The fourth-order valence-electron chi connectivity index (χ4n) is 5.32. The first kappa shape index (κ1) is 24.4. The molecule has 0 radical (unpaired) electrons. The predicted molar refractivity (Wildman–Crippen MR) is 122 cm³/mol. The van der Waals surface area contributed by atoms with Crippen LogP contribution < -0.4 is 0 Å². The number of imidazole rings is 1. The molecule has 0 spiro atoms. The molecule has 0 saturated heterocycles. The Morgan fingerprint density at radius 1 is 1.06 bits per heavy atom. The molecule has 10 heteroatoms. The minimum atomic E-state index is -4.73. The Bertz CT molecular complexity index is 1140. The predicted octanol–water partition coefficient (Wildman–Crippen LogP) is 7.20. The number of carbonyl (C=O) groups is 1. The van der Waals surface area contributed by atoms with Crippen LogP contribution in [0.1, 0.15) is 57.6 Å². The highest BCUT2D eigenvalue weighted by Crippen LogP contribution is 2.44. The van der Waals surface area contributed by atoms with E-state index in [2.05, 4.69) is 50.8 Å². The Hall–Kier alpha value is -2.26. The molecule has 0 amide bonds. The highest BCUT2D eigenvalue weighted by molar-refractivity contribution is 6.82. The summed E-state index contributed by atoms with van der Waals surface area (Å²) in [5.41, 5.74) is -0.0308. The number of halogens is 4. The van der Waals surface area contributed by atoms with Gasteiger partial charge in [-0.15, -0.1) is 0 Å². The van der Waals surface area contributed by atoms with Gasteiger partial charge in [-0.1, -0.05) is 53.1 Å².